The quantitative estimate of drug-likeness (QED) is 0.0243. The SMILES string of the molecule is CSCC[C@H](NC(=O)[C@H](Cc1cnc[nH]1)NC(=O)[C@H](CCCCN)NC(=O)[C@H](C)NC(=O)[C@H](Cc1c[nH]c2ccccc12)NC(=O)[C@@H](N)Cc1ccccc1)C(=O)N[C@@H](Cc1c[nH]c2ccccc12)C(=O)N[C@@H](CC(N)=O)C(=O)N[C@@H](Cc1ccccc1)C(=O)O. The van der Waals surface area contributed by atoms with E-state index in [1.165, 1.54) is 31.2 Å². The summed E-state index contributed by atoms with van der Waals surface area (Å²) in [7, 11) is 0. The Labute approximate surface area is 529 Å². The van der Waals surface area contributed by atoms with Crippen LogP contribution in [0.15, 0.2) is 134 Å². The molecule has 3 heterocycles. The number of carbonyl (C=O) groups is 10. The fourth-order valence-corrected chi connectivity index (χ4v) is 10.8. The number of unbranched alkanes of at least 4 members (excludes halogenated alkanes) is 1. The van der Waals surface area contributed by atoms with Crippen LogP contribution in [0.1, 0.15) is 67.0 Å². The van der Waals surface area contributed by atoms with E-state index in [9.17, 15) is 53.1 Å². The van der Waals surface area contributed by atoms with Crippen molar-refractivity contribution in [3.05, 3.63) is 162 Å². The number of imidazole rings is 1. The molecule has 0 spiro atoms. The van der Waals surface area contributed by atoms with E-state index in [4.69, 9.17) is 17.2 Å². The zero-order valence-electron chi connectivity index (χ0n) is 50.5. The maximum atomic E-state index is 14.7. The molecule has 0 aliphatic carbocycles. The Balaban J connectivity index is 1.08. The van der Waals surface area contributed by atoms with Crippen LogP contribution in [0.25, 0.3) is 21.8 Å². The number of amides is 9. The van der Waals surface area contributed by atoms with Gasteiger partial charge in [-0.25, -0.2) is 9.78 Å². The van der Waals surface area contributed by atoms with Gasteiger partial charge in [0.2, 0.25) is 53.2 Å². The highest BCUT2D eigenvalue weighted by Crippen LogP contribution is 2.22. The van der Waals surface area contributed by atoms with Gasteiger partial charge in [-0.2, -0.15) is 11.8 Å². The normalized spacial score (nSPS) is 14.2. The molecular formula is C64H79N15O11S. The van der Waals surface area contributed by atoms with Crippen LogP contribution in [0.2, 0.25) is 0 Å². The van der Waals surface area contributed by atoms with Crippen molar-refractivity contribution in [2.24, 2.45) is 17.2 Å². The van der Waals surface area contributed by atoms with E-state index in [2.05, 4.69) is 62.5 Å². The minimum atomic E-state index is -1.70. The molecule has 0 bridgehead atoms. The molecule has 0 aliphatic heterocycles. The van der Waals surface area contributed by atoms with Gasteiger partial charge in [0, 0.05) is 71.8 Å². The number of fused-ring (bicyclic) bond motifs is 2. The topological polar surface area (TPSA) is 425 Å². The number of nitrogens with one attached hydrogen (secondary N) is 11. The number of benzene rings is 4. The summed E-state index contributed by atoms with van der Waals surface area (Å²) in [6.45, 7) is 1.67. The molecule has 3 aromatic heterocycles. The second kappa shape index (κ2) is 34.2. The second-order valence-electron chi connectivity index (χ2n) is 22.1. The number of rotatable bonds is 36. The molecule has 0 unspecified atom stereocenters. The number of para-hydroxylation sites is 2. The first-order valence-corrected chi connectivity index (χ1v) is 31.2. The number of carbonyl (C=O) groups excluding carboxylic acids is 9. The molecular weight excluding hydrogens is 1190 g/mol. The largest absolute Gasteiger partial charge is 0.480 e. The summed E-state index contributed by atoms with van der Waals surface area (Å²) in [4.78, 5) is 153. The Morgan fingerprint density at radius 2 is 0.956 bits per heavy atom. The first-order valence-electron chi connectivity index (χ1n) is 29.8. The van der Waals surface area contributed by atoms with Crippen LogP contribution >= 0.6 is 11.8 Å². The molecule has 0 radical (unpaired) electrons. The van der Waals surface area contributed by atoms with Crippen molar-refractivity contribution in [1.29, 1.82) is 0 Å². The van der Waals surface area contributed by atoms with Gasteiger partial charge in [-0.3, -0.25) is 43.2 Å². The van der Waals surface area contributed by atoms with Crippen LogP contribution in [0.5, 0.6) is 0 Å². The molecule has 0 aliphatic rings. The van der Waals surface area contributed by atoms with E-state index < -0.39 is 120 Å². The van der Waals surface area contributed by atoms with Gasteiger partial charge in [0.05, 0.1) is 18.8 Å². The Morgan fingerprint density at radius 3 is 1.48 bits per heavy atom. The number of hydrogen-bond acceptors (Lipinski definition) is 14. The second-order valence-corrected chi connectivity index (χ2v) is 23.1. The summed E-state index contributed by atoms with van der Waals surface area (Å²) >= 11 is 1.35. The van der Waals surface area contributed by atoms with E-state index in [0.29, 0.717) is 51.9 Å². The first kappa shape index (κ1) is 68.6. The molecule has 9 amide bonds. The van der Waals surface area contributed by atoms with Gasteiger partial charge in [0.1, 0.15) is 48.3 Å². The Kier molecular flexibility index (Phi) is 25.8. The lowest BCUT2D eigenvalue weighted by molar-refractivity contribution is -0.142. The molecule has 7 rings (SSSR count). The van der Waals surface area contributed by atoms with Crippen molar-refractivity contribution in [3.63, 3.8) is 0 Å². The number of thioether (sulfide) groups is 1. The van der Waals surface area contributed by atoms with Gasteiger partial charge in [-0.15, -0.1) is 0 Å². The fourth-order valence-electron chi connectivity index (χ4n) is 10.3. The predicted molar refractivity (Wildman–Crippen MR) is 343 cm³/mol. The molecule has 0 saturated heterocycles. The fraction of sp³-hybridized carbons (Fsp3) is 0.359. The molecule has 7 aromatic rings. The van der Waals surface area contributed by atoms with Crippen molar-refractivity contribution >= 4 is 92.7 Å². The average molecular weight is 1270 g/mol. The molecule has 0 fully saturated rings. The van der Waals surface area contributed by atoms with Crippen molar-refractivity contribution in [2.75, 3.05) is 18.6 Å². The number of carboxylic acid groups (broad SMARTS) is 1. The summed E-state index contributed by atoms with van der Waals surface area (Å²) in [5.41, 5.74) is 22.3. The number of hydrogen-bond donors (Lipinski definition) is 15. The van der Waals surface area contributed by atoms with Gasteiger partial charge < -0.3 is 79.8 Å². The number of carboxylic acids is 1. The number of nitrogens with zero attached hydrogens (tertiary/aromatic N) is 1. The molecule has 4 aromatic carbocycles. The smallest absolute Gasteiger partial charge is 0.326 e. The van der Waals surface area contributed by atoms with Crippen molar-refractivity contribution < 1.29 is 53.1 Å². The Hall–Kier alpha value is -9.86. The van der Waals surface area contributed by atoms with Gasteiger partial charge in [0.25, 0.3) is 0 Å². The van der Waals surface area contributed by atoms with Crippen LogP contribution in [0.3, 0.4) is 0 Å². The maximum Gasteiger partial charge on any atom is 0.326 e. The number of primary amides is 1. The third kappa shape index (κ3) is 20.6. The zero-order chi connectivity index (χ0) is 65.4. The van der Waals surface area contributed by atoms with E-state index in [1.807, 2.05) is 54.6 Å². The molecule has 27 heteroatoms. The third-order valence-corrected chi connectivity index (χ3v) is 15.9. The lowest BCUT2D eigenvalue weighted by atomic mass is 10.0. The average Bonchev–Trinajstić information content (AvgIpc) is 2.04. The van der Waals surface area contributed by atoms with Crippen LogP contribution in [0, 0.1) is 0 Å². The maximum absolute atomic E-state index is 14.7. The van der Waals surface area contributed by atoms with E-state index in [-0.39, 0.29) is 51.5 Å². The molecule has 18 N–H and O–H groups in total. The van der Waals surface area contributed by atoms with Crippen molar-refractivity contribution in [1.82, 2.24) is 62.5 Å². The Morgan fingerprint density at radius 1 is 0.505 bits per heavy atom. The van der Waals surface area contributed by atoms with Crippen molar-refractivity contribution in [3.8, 4) is 0 Å². The van der Waals surface area contributed by atoms with Gasteiger partial charge in [-0.05, 0) is 92.0 Å². The zero-order valence-corrected chi connectivity index (χ0v) is 51.3. The summed E-state index contributed by atoms with van der Waals surface area (Å²) in [6, 6.07) is 20.0. The van der Waals surface area contributed by atoms with Gasteiger partial charge >= 0.3 is 5.97 Å². The number of aromatic amines is 3. The van der Waals surface area contributed by atoms with Crippen LogP contribution in [0.4, 0.5) is 0 Å². The highest BCUT2D eigenvalue weighted by Gasteiger charge is 2.36. The minimum Gasteiger partial charge on any atom is -0.480 e. The lowest BCUT2D eigenvalue weighted by Crippen LogP contribution is -2.61. The van der Waals surface area contributed by atoms with Crippen molar-refractivity contribution in [2.45, 2.75) is 126 Å². The summed E-state index contributed by atoms with van der Waals surface area (Å²) in [6.07, 6.45) is 7.76. The van der Waals surface area contributed by atoms with Crippen LogP contribution in [-0.2, 0) is 80.0 Å². The van der Waals surface area contributed by atoms with Gasteiger partial charge in [0.15, 0.2) is 0 Å². The minimum absolute atomic E-state index is 0.00375. The summed E-state index contributed by atoms with van der Waals surface area (Å²) < 4.78 is 0. The number of aliphatic carboxylic acids is 1. The van der Waals surface area contributed by atoms with E-state index >= 15 is 0 Å². The van der Waals surface area contributed by atoms with E-state index in [0.717, 1.165) is 16.5 Å². The van der Waals surface area contributed by atoms with Crippen LogP contribution < -0.4 is 59.7 Å². The molecule has 0 saturated carbocycles. The van der Waals surface area contributed by atoms with Gasteiger partial charge in [-0.1, -0.05) is 97.1 Å². The monoisotopic (exact) mass is 1270 g/mol. The molecule has 9 atom stereocenters. The first-order chi connectivity index (χ1) is 43.8. The summed E-state index contributed by atoms with van der Waals surface area (Å²) in [5, 5.41) is 33.0. The highest BCUT2D eigenvalue weighted by atomic mass is 32.2. The molecule has 91 heavy (non-hydrogen) atoms. The standard InChI is InChI=1S/C64H79N15O11S/c1-37(72-60(85)50(29-40-33-69-46-21-11-9-19-43(40)46)75-57(82)45(66)27-38-15-5-3-6-16-38)56(81)73-48(23-13-14-25-65)58(83)77-52(31-42-35-68-36-71-42)62(87)74-49(24-26-91-2)59(84)76-51(30-41-34-70-47-22-12-10-20-44(41)47)61(86)78-53(32-55(67)80)63(88)79-54(64(89)90)28-39-17-7-4-8-18-39/h3-12,15-22,33-37,45,48-54,69-70H,13-14,23-32,65-66H2,1-2H3,(H2,67,80)(H,68,71)(H,72,85)(H,73,81)(H,74,87)(H,75,82)(H,76,84)(H,77,83)(H,78,86)(H,79,88)(H,89,90)/t37-,45-,48-,49-,50-,51-,52-,53-,54-/m0/s1. The summed E-state index contributed by atoms with van der Waals surface area (Å²) in [5.74, 6) is -8.64. The predicted octanol–water partition coefficient (Wildman–Crippen LogP) is 0.953. The Bertz CT molecular complexity index is 3600. The molecule has 482 valence electrons. The third-order valence-electron chi connectivity index (χ3n) is 15.2. The number of nitrogens with two attached hydrogens (primary N) is 3. The lowest BCUT2D eigenvalue weighted by Gasteiger charge is -2.28. The number of H-pyrrole nitrogens is 3. The molecule has 26 nitrogen and oxygen atoms in total. The highest BCUT2D eigenvalue weighted by molar-refractivity contribution is 7.98. The van der Waals surface area contributed by atoms with Crippen LogP contribution in [-0.4, -0.2) is 157 Å². The van der Waals surface area contributed by atoms with E-state index in [1.54, 1.807) is 73.2 Å². The number of aromatic nitrogens is 4.